The fraction of sp³-hybridized carbons (Fsp3) is 0.611. The Kier molecular flexibility index (Phi) is 5.02. The molecule has 3 rings (SSSR count). The van der Waals surface area contributed by atoms with Crippen molar-refractivity contribution < 1.29 is 9.59 Å². The van der Waals surface area contributed by atoms with Crippen molar-refractivity contribution in [2.24, 2.45) is 11.8 Å². The standard InChI is InChI=1S/C18H26N4O2/c1-12(2)13-7-9-22(10-8-13)14-3-5-16(19-11-14)20-15-4-6-17(23)21-18(15)24/h3,5,11-13,15H,4,6-10H2,1-2H3,(H,19,20)(H,21,23,24). The van der Waals surface area contributed by atoms with Crippen LogP contribution in [0.5, 0.6) is 0 Å². The molecule has 0 aromatic carbocycles. The highest BCUT2D eigenvalue weighted by Gasteiger charge is 2.26. The first-order valence-electron chi connectivity index (χ1n) is 8.84. The second-order valence-corrected chi connectivity index (χ2v) is 7.12. The summed E-state index contributed by atoms with van der Waals surface area (Å²) in [5, 5.41) is 5.46. The third kappa shape index (κ3) is 3.86. The van der Waals surface area contributed by atoms with Gasteiger partial charge in [0, 0.05) is 19.5 Å². The number of pyridine rings is 1. The number of amides is 2. The molecule has 6 nitrogen and oxygen atoms in total. The number of imide groups is 1. The van der Waals surface area contributed by atoms with E-state index in [1.54, 1.807) is 0 Å². The van der Waals surface area contributed by atoms with Crippen molar-refractivity contribution in [3.63, 3.8) is 0 Å². The van der Waals surface area contributed by atoms with E-state index in [2.05, 4.69) is 40.4 Å². The minimum Gasteiger partial charge on any atom is -0.370 e. The van der Waals surface area contributed by atoms with Gasteiger partial charge in [0.1, 0.15) is 11.9 Å². The largest absolute Gasteiger partial charge is 0.370 e. The van der Waals surface area contributed by atoms with E-state index in [0.717, 1.165) is 30.6 Å². The smallest absolute Gasteiger partial charge is 0.249 e. The minimum absolute atomic E-state index is 0.203. The fourth-order valence-corrected chi connectivity index (χ4v) is 3.49. The lowest BCUT2D eigenvalue weighted by Gasteiger charge is -2.35. The van der Waals surface area contributed by atoms with Crippen molar-refractivity contribution in [2.45, 2.75) is 45.6 Å². The molecule has 0 spiro atoms. The molecule has 0 radical (unpaired) electrons. The van der Waals surface area contributed by atoms with Gasteiger partial charge in [0.2, 0.25) is 11.8 Å². The maximum atomic E-state index is 11.8. The second-order valence-electron chi connectivity index (χ2n) is 7.12. The van der Waals surface area contributed by atoms with Crippen LogP contribution < -0.4 is 15.5 Å². The summed E-state index contributed by atoms with van der Waals surface area (Å²) in [6, 6.07) is 3.58. The Morgan fingerprint density at radius 1 is 1.21 bits per heavy atom. The van der Waals surface area contributed by atoms with Crippen LogP contribution in [0.1, 0.15) is 39.5 Å². The summed E-state index contributed by atoms with van der Waals surface area (Å²) in [4.78, 5) is 29.8. The average Bonchev–Trinajstić information content (AvgIpc) is 2.58. The summed E-state index contributed by atoms with van der Waals surface area (Å²) in [5.74, 6) is 1.78. The van der Waals surface area contributed by atoms with Gasteiger partial charge >= 0.3 is 0 Å². The van der Waals surface area contributed by atoms with Gasteiger partial charge in [0.15, 0.2) is 0 Å². The van der Waals surface area contributed by atoms with Crippen molar-refractivity contribution >= 4 is 23.3 Å². The Labute approximate surface area is 143 Å². The quantitative estimate of drug-likeness (QED) is 0.828. The average molecular weight is 330 g/mol. The molecule has 2 fully saturated rings. The summed E-state index contributed by atoms with van der Waals surface area (Å²) in [5.41, 5.74) is 1.13. The molecular formula is C18H26N4O2. The molecular weight excluding hydrogens is 304 g/mol. The number of aromatic nitrogens is 1. The van der Waals surface area contributed by atoms with Gasteiger partial charge in [-0.2, -0.15) is 0 Å². The molecule has 1 unspecified atom stereocenters. The molecule has 0 bridgehead atoms. The van der Waals surface area contributed by atoms with Gasteiger partial charge in [-0.25, -0.2) is 4.98 Å². The highest BCUT2D eigenvalue weighted by atomic mass is 16.2. The lowest BCUT2D eigenvalue weighted by atomic mass is 9.86. The van der Waals surface area contributed by atoms with Gasteiger partial charge in [0.25, 0.3) is 0 Å². The molecule has 130 valence electrons. The number of carbonyl (C=O) groups excluding carboxylic acids is 2. The van der Waals surface area contributed by atoms with E-state index in [1.165, 1.54) is 12.8 Å². The van der Waals surface area contributed by atoms with Gasteiger partial charge in [-0.05, 0) is 43.2 Å². The van der Waals surface area contributed by atoms with Gasteiger partial charge in [-0.3, -0.25) is 14.9 Å². The normalized spacial score (nSPS) is 22.6. The summed E-state index contributed by atoms with van der Waals surface area (Å²) in [6.07, 6.45) is 5.20. The zero-order valence-corrected chi connectivity index (χ0v) is 14.4. The van der Waals surface area contributed by atoms with E-state index >= 15 is 0 Å². The van der Waals surface area contributed by atoms with E-state index in [9.17, 15) is 9.59 Å². The highest BCUT2D eigenvalue weighted by Crippen LogP contribution is 2.27. The van der Waals surface area contributed by atoms with Crippen LogP contribution in [0.15, 0.2) is 18.3 Å². The Morgan fingerprint density at radius 2 is 1.96 bits per heavy atom. The van der Waals surface area contributed by atoms with Crippen molar-refractivity contribution in [1.82, 2.24) is 10.3 Å². The first-order valence-corrected chi connectivity index (χ1v) is 8.84. The van der Waals surface area contributed by atoms with Crippen LogP contribution >= 0.6 is 0 Å². The molecule has 2 amide bonds. The zero-order valence-electron chi connectivity index (χ0n) is 14.4. The summed E-state index contributed by atoms with van der Waals surface area (Å²) in [6.45, 7) is 6.75. The topological polar surface area (TPSA) is 74.3 Å². The molecule has 2 N–H and O–H groups in total. The number of nitrogens with one attached hydrogen (secondary N) is 2. The first-order chi connectivity index (χ1) is 11.5. The second kappa shape index (κ2) is 7.20. The number of anilines is 2. The van der Waals surface area contributed by atoms with E-state index < -0.39 is 0 Å². The SMILES string of the molecule is CC(C)C1CCN(c2ccc(NC3CCC(=O)NC3=O)nc2)CC1. The lowest BCUT2D eigenvalue weighted by molar-refractivity contribution is -0.133. The predicted molar refractivity (Wildman–Crippen MR) is 93.8 cm³/mol. The van der Waals surface area contributed by atoms with Gasteiger partial charge < -0.3 is 10.2 Å². The zero-order chi connectivity index (χ0) is 17.1. The number of hydrogen-bond acceptors (Lipinski definition) is 5. The van der Waals surface area contributed by atoms with Crippen LogP contribution in [-0.4, -0.2) is 35.9 Å². The Morgan fingerprint density at radius 3 is 2.54 bits per heavy atom. The molecule has 2 aliphatic heterocycles. The number of hydrogen-bond donors (Lipinski definition) is 2. The molecule has 2 aliphatic rings. The van der Waals surface area contributed by atoms with E-state index in [1.807, 2.05) is 12.3 Å². The monoisotopic (exact) mass is 330 g/mol. The molecule has 0 saturated carbocycles. The van der Waals surface area contributed by atoms with Gasteiger partial charge in [-0.15, -0.1) is 0 Å². The third-order valence-corrected chi connectivity index (χ3v) is 5.16. The summed E-state index contributed by atoms with van der Waals surface area (Å²) < 4.78 is 0. The Bertz CT molecular complexity index is 592. The molecule has 0 aliphatic carbocycles. The van der Waals surface area contributed by atoms with Crippen LogP contribution in [0.2, 0.25) is 0 Å². The van der Waals surface area contributed by atoms with E-state index in [-0.39, 0.29) is 17.9 Å². The van der Waals surface area contributed by atoms with E-state index in [0.29, 0.717) is 18.7 Å². The number of nitrogens with zero attached hydrogens (tertiary/aromatic N) is 2. The number of rotatable bonds is 4. The van der Waals surface area contributed by atoms with Gasteiger partial charge in [0.05, 0.1) is 11.9 Å². The molecule has 1 aromatic rings. The maximum Gasteiger partial charge on any atom is 0.249 e. The first kappa shape index (κ1) is 16.7. The molecule has 3 heterocycles. The number of piperidine rings is 2. The molecule has 1 atom stereocenters. The van der Waals surface area contributed by atoms with Crippen molar-refractivity contribution in [3.8, 4) is 0 Å². The molecule has 1 aromatic heterocycles. The van der Waals surface area contributed by atoms with Crippen LogP contribution in [0.4, 0.5) is 11.5 Å². The minimum atomic E-state index is -0.386. The van der Waals surface area contributed by atoms with Crippen LogP contribution in [-0.2, 0) is 9.59 Å². The molecule has 24 heavy (non-hydrogen) atoms. The lowest BCUT2D eigenvalue weighted by Crippen LogP contribution is -2.47. The highest BCUT2D eigenvalue weighted by molar-refractivity contribution is 6.01. The van der Waals surface area contributed by atoms with Crippen molar-refractivity contribution in [2.75, 3.05) is 23.3 Å². The predicted octanol–water partition coefficient (Wildman–Crippen LogP) is 2.17. The van der Waals surface area contributed by atoms with Gasteiger partial charge in [-0.1, -0.05) is 13.8 Å². The Hall–Kier alpha value is -2.11. The van der Waals surface area contributed by atoms with Crippen molar-refractivity contribution in [3.05, 3.63) is 18.3 Å². The maximum absolute atomic E-state index is 11.8. The fourth-order valence-electron chi connectivity index (χ4n) is 3.49. The van der Waals surface area contributed by atoms with Crippen molar-refractivity contribution in [1.29, 1.82) is 0 Å². The molecule has 2 saturated heterocycles. The van der Waals surface area contributed by atoms with E-state index in [4.69, 9.17) is 0 Å². The van der Waals surface area contributed by atoms with Crippen LogP contribution in [0.3, 0.4) is 0 Å². The third-order valence-electron chi connectivity index (χ3n) is 5.16. The summed E-state index contributed by atoms with van der Waals surface area (Å²) >= 11 is 0. The Balaban J connectivity index is 1.56. The van der Waals surface area contributed by atoms with Crippen LogP contribution in [0.25, 0.3) is 0 Å². The molecule has 6 heteroatoms. The number of carbonyl (C=O) groups is 2. The van der Waals surface area contributed by atoms with Crippen LogP contribution in [0, 0.1) is 11.8 Å². The summed E-state index contributed by atoms with van der Waals surface area (Å²) in [7, 11) is 0.